The van der Waals surface area contributed by atoms with Gasteiger partial charge in [0.15, 0.2) is 17.1 Å². The molecule has 6 nitrogen and oxygen atoms in total. The highest BCUT2D eigenvalue weighted by Crippen LogP contribution is 2.34. The van der Waals surface area contributed by atoms with Crippen molar-refractivity contribution < 1.29 is 67.1 Å². The van der Waals surface area contributed by atoms with Crippen LogP contribution >= 0.6 is 11.8 Å². The number of fused-ring (bicyclic) bond motifs is 1. The lowest BCUT2D eigenvalue weighted by Gasteiger charge is -2.39. The molecule has 0 atom stereocenters. The Hall–Kier alpha value is -4.52. The Kier molecular flexibility index (Phi) is 5.44. The number of benzene rings is 4. The van der Waals surface area contributed by atoms with Crippen molar-refractivity contribution in [2.75, 3.05) is 33.2 Å². The van der Waals surface area contributed by atoms with Gasteiger partial charge < -0.3 is 19.1 Å². The number of thioether (sulfide) groups is 1. The second kappa shape index (κ2) is 16.7. The minimum Gasteiger partial charge on any atom is -0.383 e. The summed E-state index contributed by atoms with van der Waals surface area (Å²) in [6, 6.07) is -21.2. The zero-order valence-electron chi connectivity index (χ0n) is 53.0. The summed E-state index contributed by atoms with van der Waals surface area (Å²) in [4.78, 5) is 30.7. The minimum absolute atomic E-state index is 0.0936. The maximum atomic E-state index is 15.6. The number of piperidine rings is 1. The van der Waals surface area contributed by atoms with Crippen LogP contribution in [0.1, 0.15) is 70.7 Å². The molecule has 1 aliphatic rings. The number of hydrogen-bond donors (Lipinski definition) is 0. The van der Waals surface area contributed by atoms with Gasteiger partial charge in [-0.15, -0.1) is 11.8 Å². The first kappa shape index (κ1) is 17.3. The Morgan fingerprint density at radius 3 is 2.47 bits per heavy atom. The Labute approximate surface area is 345 Å². The number of alkyl halides is 3. The molecule has 0 radical (unpaired) electrons. The second-order valence-electron chi connectivity index (χ2n) is 11.1. The number of likely N-dealkylation sites (tertiary alicyclic amines) is 1. The highest BCUT2D eigenvalue weighted by Gasteiger charge is 2.32. The van der Waals surface area contributed by atoms with Gasteiger partial charge in [0.05, 0.1) is 52.8 Å². The zero-order chi connectivity index (χ0) is 60.4. The molecule has 0 saturated carbocycles. The molecule has 0 spiro atoms. The van der Waals surface area contributed by atoms with Gasteiger partial charge >= 0.3 is 6.18 Å². The largest absolute Gasteiger partial charge is 0.416 e. The number of para-hydroxylation sites is 1. The third-order valence-electron chi connectivity index (χ3n) is 7.73. The number of halogens is 5. The Bertz CT molecular complexity index is 3350. The van der Waals surface area contributed by atoms with E-state index in [1.807, 2.05) is 0 Å². The molecular weight excluding hydrogens is 710 g/mol. The van der Waals surface area contributed by atoms with Crippen LogP contribution in [0.25, 0.3) is 22.0 Å². The highest BCUT2D eigenvalue weighted by atomic mass is 32.2. The standard InChI is InChI=1S/C41H40F5N3O3S/c1-27-22-30(14-15-34(27)41(44,45)46)29-12-10-28(11-13-29)24-48(32-16-18-47(19-17-32)20-21-52-2)38(51)25-49-36-9-4-3-7-33(36)37(50)23-39(49)53-26-31-6-5-8-35(42)40(31)43/h3-15,22-23,32H,16-21,24-26H2,1-2H3/i2D3,3D,4D,5D,6D,7D,8D,9D,10D,11D,12D,13D,14D,15D,20D2,21D2,22D,23D,25D2,26D2. The lowest BCUT2D eigenvalue weighted by Crippen LogP contribution is -2.48. The number of carbonyl (C=O) groups is 1. The van der Waals surface area contributed by atoms with E-state index in [4.69, 9.17) is 32.9 Å². The fourth-order valence-corrected chi connectivity index (χ4v) is 5.91. The fraction of sp³-hybridized carbons (Fsp3) is 0.317. The summed E-state index contributed by atoms with van der Waals surface area (Å²) in [5.41, 5.74) is -13.9. The number of nitrogens with zero attached hydrogens (tertiary/aromatic N) is 3. The van der Waals surface area contributed by atoms with Gasteiger partial charge in [-0.3, -0.25) is 9.59 Å². The summed E-state index contributed by atoms with van der Waals surface area (Å²) in [5.74, 6) is -6.40. The Morgan fingerprint density at radius 1 is 1.00 bits per heavy atom. The molecule has 0 bridgehead atoms. The maximum absolute atomic E-state index is 15.6. The second-order valence-corrected chi connectivity index (χ2v) is 11.9. The number of hydrogen-bond acceptors (Lipinski definition) is 5. The average Bonchev–Trinajstić information content (AvgIpc) is 3.45. The third kappa shape index (κ3) is 9.00. The van der Waals surface area contributed by atoms with E-state index < -0.39 is 252 Å². The van der Waals surface area contributed by atoms with Gasteiger partial charge in [0.2, 0.25) is 5.91 Å². The molecule has 1 fully saturated rings. The summed E-state index contributed by atoms with van der Waals surface area (Å²) < 4.78 is 297. The number of carbonyl (C=O) groups excluding carboxylic acids is 1. The minimum atomic E-state index is -5.28. The van der Waals surface area contributed by atoms with Gasteiger partial charge in [-0.2, -0.15) is 13.2 Å². The average molecular weight is 776 g/mol. The predicted molar refractivity (Wildman–Crippen MR) is 198 cm³/mol. The predicted octanol–water partition coefficient (Wildman–Crippen LogP) is 8.71. The summed E-state index contributed by atoms with van der Waals surface area (Å²) in [6.45, 7) is -13.0. The molecule has 1 aromatic heterocycles. The van der Waals surface area contributed by atoms with Gasteiger partial charge in [-0.05, 0) is 66.2 Å². The van der Waals surface area contributed by atoms with Crippen LogP contribution in [0.15, 0.2) is 100 Å². The smallest absolute Gasteiger partial charge is 0.383 e. The van der Waals surface area contributed by atoms with E-state index in [9.17, 15) is 25.1 Å². The highest BCUT2D eigenvalue weighted by molar-refractivity contribution is 7.98. The van der Waals surface area contributed by atoms with Crippen molar-refractivity contribution in [2.24, 2.45) is 0 Å². The van der Waals surface area contributed by atoms with Crippen molar-refractivity contribution in [2.45, 2.75) is 55.8 Å². The van der Waals surface area contributed by atoms with E-state index >= 15 is 9.18 Å². The maximum Gasteiger partial charge on any atom is 0.416 e. The molecule has 5 aromatic rings. The molecular formula is C41H40F5N3O3S. The van der Waals surface area contributed by atoms with Crippen LogP contribution in [0.4, 0.5) is 22.0 Å². The van der Waals surface area contributed by atoms with Crippen LogP contribution in [-0.4, -0.2) is 59.5 Å². The number of ether oxygens (including phenoxy) is 1. The third-order valence-corrected chi connectivity index (χ3v) is 8.51. The Balaban J connectivity index is 1.65. The fourth-order valence-electron chi connectivity index (χ4n) is 5.20. The summed E-state index contributed by atoms with van der Waals surface area (Å²) >= 11 is -0.601. The lowest BCUT2D eigenvalue weighted by molar-refractivity contribution is -0.138. The van der Waals surface area contributed by atoms with Gasteiger partial charge in [0.1, 0.15) is 6.50 Å². The molecule has 6 rings (SSSR count). The van der Waals surface area contributed by atoms with Gasteiger partial charge in [0, 0.05) is 67.4 Å². The van der Waals surface area contributed by atoms with Crippen LogP contribution in [-0.2, 0) is 34.5 Å². The van der Waals surface area contributed by atoms with Gasteiger partial charge in [-0.25, -0.2) is 8.78 Å². The number of rotatable bonds is 12. The molecule has 0 unspecified atom stereocenters. The zero-order valence-corrected chi connectivity index (χ0v) is 27.8. The topological polar surface area (TPSA) is 54.8 Å². The lowest BCUT2D eigenvalue weighted by atomic mass is 9.98. The van der Waals surface area contributed by atoms with Crippen molar-refractivity contribution in [1.29, 1.82) is 0 Å². The summed E-state index contributed by atoms with van der Waals surface area (Å²) in [6.07, 6.45) is -6.52. The van der Waals surface area contributed by atoms with Crippen molar-refractivity contribution in [3.05, 3.63) is 135 Å². The van der Waals surface area contributed by atoms with E-state index in [1.165, 1.54) is 0 Å². The molecule has 4 aromatic carbocycles. The molecule has 53 heavy (non-hydrogen) atoms. The first-order valence-corrected chi connectivity index (χ1v) is 16.0. The van der Waals surface area contributed by atoms with Crippen molar-refractivity contribution >= 4 is 28.6 Å². The van der Waals surface area contributed by atoms with Crippen LogP contribution in [0, 0.1) is 18.6 Å². The molecule has 0 aliphatic carbocycles. The molecule has 1 saturated heterocycles. The van der Waals surface area contributed by atoms with Crippen LogP contribution in [0.3, 0.4) is 0 Å². The van der Waals surface area contributed by atoms with Crippen molar-refractivity contribution in [1.82, 2.24) is 14.4 Å². The molecule has 1 amide bonds. The summed E-state index contributed by atoms with van der Waals surface area (Å²) in [7, 11) is -3.50. The molecule has 0 N–H and O–H groups in total. The molecule has 2 heterocycles. The Morgan fingerprint density at radius 2 is 1.74 bits per heavy atom. The SMILES string of the molecule is [2H]c1c([2H])c(F)c(F)c(C([2H])([2H])Sc2c([2H])c(=O)c3c([2H])c([2H])c([2H])c([2H])c3n2C([2H])([2H])C(=O)N(Cc2c([2H])c([2H])c(-c3c([2H])c([2H])c(C(F)(F)F)c(C)c3[2H])c([2H])c2[2H])C2CCN(C([2H])([2H])C([2H])([2H])OC([2H])([2H])[2H])CC2)c1[2H]. The van der Waals surface area contributed by atoms with Crippen LogP contribution in [0.5, 0.6) is 0 Å². The van der Waals surface area contributed by atoms with E-state index in [0.29, 0.717) is 9.80 Å². The first-order valence-electron chi connectivity index (χ1n) is 28.2. The van der Waals surface area contributed by atoms with E-state index in [0.717, 1.165) is 6.92 Å². The van der Waals surface area contributed by atoms with E-state index in [1.54, 1.807) is 0 Å². The van der Waals surface area contributed by atoms with Crippen LogP contribution in [0.2, 0.25) is 0 Å². The van der Waals surface area contributed by atoms with E-state index in [-0.39, 0.29) is 4.57 Å². The quantitative estimate of drug-likeness (QED) is 0.0939. The molecule has 1 aliphatic heterocycles. The normalized spacial score (nSPS) is 22.5. The first-order chi connectivity index (χ1) is 35.8. The molecule has 278 valence electrons. The number of pyridine rings is 1. The van der Waals surface area contributed by atoms with E-state index in [2.05, 4.69) is 4.74 Å². The van der Waals surface area contributed by atoms with Crippen molar-refractivity contribution in [3.63, 3.8) is 0 Å². The number of aromatic nitrogens is 1. The van der Waals surface area contributed by atoms with Gasteiger partial charge in [-0.1, -0.05) is 60.4 Å². The van der Waals surface area contributed by atoms with Gasteiger partial charge in [0.25, 0.3) is 0 Å². The molecule has 12 heteroatoms. The summed E-state index contributed by atoms with van der Waals surface area (Å²) in [5, 5.41) is -2.66. The van der Waals surface area contributed by atoms with Crippen LogP contribution < -0.4 is 5.43 Å². The number of methoxy groups -OCH3 is 1. The van der Waals surface area contributed by atoms with Crippen molar-refractivity contribution in [3.8, 4) is 11.1 Å². The number of amides is 1. The monoisotopic (exact) mass is 775 g/mol.